The van der Waals surface area contributed by atoms with Gasteiger partial charge in [0, 0.05) is 23.6 Å². The first-order chi connectivity index (χ1) is 11.9. The molecule has 1 aliphatic carbocycles. The van der Waals surface area contributed by atoms with Gasteiger partial charge in [-0.2, -0.15) is 0 Å². The number of carbonyl (C=O) groups is 1. The van der Waals surface area contributed by atoms with Crippen molar-refractivity contribution in [3.8, 4) is 11.4 Å². The van der Waals surface area contributed by atoms with E-state index in [0.29, 0.717) is 18.0 Å². The van der Waals surface area contributed by atoms with Gasteiger partial charge in [-0.3, -0.25) is 4.79 Å². The molecule has 1 amide bonds. The Hall–Kier alpha value is -2.27. The lowest BCUT2D eigenvalue weighted by molar-refractivity contribution is 0.0897. The quantitative estimate of drug-likeness (QED) is 0.849. The number of aromatic nitrogens is 1. The molecule has 1 unspecified atom stereocenters. The molecule has 5 nitrogen and oxygen atoms in total. The minimum absolute atomic E-state index is 0.0484. The fraction of sp³-hybridized carbons (Fsp3) is 0.450. The van der Waals surface area contributed by atoms with Crippen molar-refractivity contribution in [3.05, 3.63) is 47.3 Å². The molecule has 0 aliphatic heterocycles. The number of hydrogen-bond donors (Lipinski definition) is 2. The molecule has 0 spiro atoms. The van der Waals surface area contributed by atoms with E-state index in [1.54, 1.807) is 7.11 Å². The molecule has 1 atom stereocenters. The summed E-state index contributed by atoms with van der Waals surface area (Å²) >= 11 is 0. The third-order valence-corrected chi connectivity index (χ3v) is 5.31. The highest BCUT2D eigenvalue weighted by atomic mass is 16.5. The molecule has 1 heterocycles. The molecule has 3 rings (SSSR count). The SMILES string of the molecule is COc1ccc(-n2c(C)cc(C(=O)NC(C)(CN)C3CC3)c2C)cc1. The van der Waals surface area contributed by atoms with Crippen molar-refractivity contribution in [2.75, 3.05) is 13.7 Å². The molecule has 1 aromatic carbocycles. The maximum atomic E-state index is 12.9. The molecule has 0 radical (unpaired) electrons. The Bertz CT molecular complexity index is 775. The van der Waals surface area contributed by atoms with Crippen molar-refractivity contribution in [3.63, 3.8) is 0 Å². The van der Waals surface area contributed by atoms with E-state index in [9.17, 15) is 4.79 Å². The van der Waals surface area contributed by atoms with Gasteiger partial charge in [0.2, 0.25) is 0 Å². The maximum Gasteiger partial charge on any atom is 0.253 e. The van der Waals surface area contributed by atoms with Crippen LogP contribution in [-0.2, 0) is 0 Å². The third kappa shape index (κ3) is 3.29. The van der Waals surface area contributed by atoms with Crippen LogP contribution in [0.25, 0.3) is 5.69 Å². The number of carbonyl (C=O) groups excluding carboxylic acids is 1. The first-order valence-corrected chi connectivity index (χ1v) is 8.75. The molecule has 3 N–H and O–H groups in total. The normalized spacial score (nSPS) is 16.4. The molecular weight excluding hydrogens is 314 g/mol. The number of nitrogens with one attached hydrogen (secondary N) is 1. The van der Waals surface area contributed by atoms with Crippen LogP contribution in [0.3, 0.4) is 0 Å². The van der Waals surface area contributed by atoms with E-state index in [2.05, 4.69) is 9.88 Å². The number of benzene rings is 1. The molecule has 5 heteroatoms. The molecule has 1 aromatic heterocycles. The van der Waals surface area contributed by atoms with Crippen LogP contribution in [0.5, 0.6) is 5.75 Å². The summed E-state index contributed by atoms with van der Waals surface area (Å²) in [5.41, 5.74) is 9.28. The Morgan fingerprint density at radius 2 is 1.96 bits per heavy atom. The third-order valence-electron chi connectivity index (χ3n) is 5.31. The van der Waals surface area contributed by atoms with Gasteiger partial charge in [-0.1, -0.05) is 0 Å². The maximum absolute atomic E-state index is 12.9. The van der Waals surface area contributed by atoms with E-state index >= 15 is 0 Å². The fourth-order valence-electron chi connectivity index (χ4n) is 3.49. The average molecular weight is 341 g/mol. The van der Waals surface area contributed by atoms with Crippen molar-refractivity contribution in [1.29, 1.82) is 0 Å². The van der Waals surface area contributed by atoms with Gasteiger partial charge in [-0.25, -0.2) is 0 Å². The number of methoxy groups -OCH3 is 1. The fourth-order valence-corrected chi connectivity index (χ4v) is 3.49. The predicted molar refractivity (Wildman–Crippen MR) is 99.4 cm³/mol. The molecular formula is C20H27N3O2. The zero-order chi connectivity index (χ0) is 18.2. The smallest absolute Gasteiger partial charge is 0.253 e. The zero-order valence-corrected chi connectivity index (χ0v) is 15.4. The summed E-state index contributed by atoms with van der Waals surface area (Å²) in [5, 5.41) is 3.18. The highest BCUT2D eigenvalue weighted by Crippen LogP contribution is 2.39. The van der Waals surface area contributed by atoms with E-state index in [4.69, 9.17) is 10.5 Å². The Morgan fingerprint density at radius 1 is 1.32 bits per heavy atom. The number of hydrogen-bond acceptors (Lipinski definition) is 3. The van der Waals surface area contributed by atoms with Crippen LogP contribution in [0, 0.1) is 19.8 Å². The van der Waals surface area contributed by atoms with E-state index in [1.165, 1.54) is 0 Å². The first-order valence-electron chi connectivity index (χ1n) is 8.75. The summed E-state index contributed by atoms with van der Waals surface area (Å²) in [7, 11) is 1.65. The second kappa shape index (κ2) is 6.56. The van der Waals surface area contributed by atoms with E-state index < -0.39 is 0 Å². The Kier molecular flexibility index (Phi) is 4.60. The van der Waals surface area contributed by atoms with E-state index in [0.717, 1.165) is 35.7 Å². The topological polar surface area (TPSA) is 69.3 Å². The molecule has 0 saturated heterocycles. The van der Waals surface area contributed by atoms with Crippen molar-refractivity contribution in [2.24, 2.45) is 11.7 Å². The monoisotopic (exact) mass is 341 g/mol. The van der Waals surface area contributed by atoms with Gasteiger partial charge in [0.15, 0.2) is 0 Å². The standard InChI is InChI=1S/C20H27N3O2/c1-13-11-18(19(24)22-20(3,12-21)15-5-6-15)14(2)23(13)16-7-9-17(25-4)10-8-16/h7-11,15H,5-6,12,21H2,1-4H3,(H,22,24). The van der Waals surface area contributed by atoms with Crippen molar-refractivity contribution in [2.45, 2.75) is 39.2 Å². The molecule has 1 saturated carbocycles. The van der Waals surface area contributed by atoms with Crippen LogP contribution < -0.4 is 15.8 Å². The van der Waals surface area contributed by atoms with Crippen molar-refractivity contribution < 1.29 is 9.53 Å². The zero-order valence-electron chi connectivity index (χ0n) is 15.4. The second-order valence-electron chi connectivity index (χ2n) is 7.17. The van der Waals surface area contributed by atoms with Gasteiger partial charge in [0.25, 0.3) is 5.91 Å². The second-order valence-corrected chi connectivity index (χ2v) is 7.17. The first kappa shape index (κ1) is 17.5. The number of nitrogens with two attached hydrogens (primary N) is 1. The van der Waals surface area contributed by atoms with Crippen LogP contribution in [-0.4, -0.2) is 29.7 Å². The van der Waals surface area contributed by atoms with Crippen molar-refractivity contribution >= 4 is 5.91 Å². The molecule has 134 valence electrons. The summed E-state index contributed by atoms with van der Waals surface area (Å²) in [6.07, 6.45) is 2.28. The Balaban J connectivity index is 1.89. The average Bonchev–Trinajstić information content (AvgIpc) is 3.41. The van der Waals surface area contributed by atoms with Crippen LogP contribution in [0.1, 0.15) is 41.5 Å². The Morgan fingerprint density at radius 3 is 2.48 bits per heavy atom. The molecule has 1 aliphatic rings. The summed E-state index contributed by atoms with van der Waals surface area (Å²) in [4.78, 5) is 12.9. The predicted octanol–water partition coefficient (Wildman–Crippen LogP) is 2.96. The van der Waals surface area contributed by atoms with Gasteiger partial charge in [0.1, 0.15) is 5.75 Å². The lowest BCUT2D eigenvalue weighted by Gasteiger charge is -2.29. The Labute approximate surface area is 149 Å². The summed E-state index contributed by atoms with van der Waals surface area (Å²) in [5.74, 6) is 1.26. The van der Waals surface area contributed by atoms with E-state index in [-0.39, 0.29) is 11.4 Å². The highest BCUT2D eigenvalue weighted by molar-refractivity contribution is 5.96. The molecule has 1 fully saturated rings. The van der Waals surface area contributed by atoms with Crippen molar-refractivity contribution in [1.82, 2.24) is 9.88 Å². The van der Waals surface area contributed by atoms with Gasteiger partial charge < -0.3 is 20.4 Å². The van der Waals surface area contributed by atoms with Gasteiger partial charge in [0.05, 0.1) is 18.2 Å². The number of rotatable bonds is 6. The molecule has 2 aromatic rings. The van der Waals surface area contributed by atoms with Crippen LogP contribution in [0.15, 0.2) is 30.3 Å². The summed E-state index contributed by atoms with van der Waals surface area (Å²) < 4.78 is 7.31. The minimum atomic E-state index is -0.320. The number of ether oxygens (including phenoxy) is 1. The van der Waals surface area contributed by atoms with E-state index in [1.807, 2.05) is 51.1 Å². The highest BCUT2D eigenvalue weighted by Gasteiger charge is 2.42. The van der Waals surface area contributed by atoms with Crippen LogP contribution in [0.4, 0.5) is 0 Å². The number of amides is 1. The van der Waals surface area contributed by atoms with Gasteiger partial charge >= 0.3 is 0 Å². The van der Waals surface area contributed by atoms with Gasteiger partial charge in [-0.05, 0) is 69.9 Å². The van der Waals surface area contributed by atoms with Crippen LogP contribution >= 0.6 is 0 Å². The molecule has 25 heavy (non-hydrogen) atoms. The number of aryl methyl sites for hydroxylation is 1. The van der Waals surface area contributed by atoms with Crippen LogP contribution in [0.2, 0.25) is 0 Å². The minimum Gasteiger partial charge on any atom is -0.497 e. The summed E-state index contributed by atoms with van der Waals surface area (Å²) in [6, 6.07) is 9.78. The lowest BCUT2D eigenvalue weighted by atomic mass is 9.95. The largest absolute Gasteiger partial charge is 0.497 e. The lowest BCUT2D eigenvalue weighted by Crippen LogP contribution is -2.53. The number of nitrogens with zero attached hydrogens (tertiary/aromatic N) is 1. The molecule has 0 bridgehead atoms. The van der Waals surface area contributed by atoms with Gasteiger partial charge in [-0.15, -0.1) is 0 Å². The summed E-state index contributed by atoms with van der Waals surface area (Å²) in [6.45, 7) is 6.49.